The number of anilines is 3. The summed E-state index contributed by atoms with van der Waals surface area (Å²) < 4.78 is 5.99. The van der Waals surface area contributed by atoms with E-state index in [9.17, 15) is 14.7 Å². The van der Waals surface area contributed by atoms with E-state index in [1.165, 1.54) is 22.9 Å². The van der Waals surface area contributed by atoms with Crippen LogP contribution in [0.4, 0.5) is 17.1 Å². The second-order valence-electron chi connectivity index (χ2n) is 9.19. The minimum Gasteiger partial charge on any atom is -0.477 e. The van der Waals surface area contributed by atoms with E-state index < -0.39 is 17.6 Å². The van der Waals surface area contributed by atoms with Crippen molar-refractivity contribution in [2.45, 2.75) is 19.8 Å². The number of carbonyl (C=O) groups is 2. The molecule has 3 aromatic carbocycles. The molecule has 5 rings (SSSR count). The van der Waals surface area contributed by atoms with E-state index in [1.807, 2.05) is 6.07 Å². The third kappa shape index (κ3) is 5.27. The maximum absolute atomic E-state index is 12.8. The summed E-state index contributed by atoms with van der Waals surface area (Å²) in [4.78, 5) is 26.7. The van der Waals surface area contributed by atoms with Crippen molar-refractivity contribution in [1.29, 1.82) is 5.41 Å². The van der Waals surface area contributed by atoms with Gasteiger partial charge in [-0.3, -0.25) is 10.2 Å². The van der Waals surface area contributed by atoms with Gasteiger partial charge in [-0.2, -0.15) is 0 Å². The molecule has 7 heteroatoms. The Morgan fingerprint density at radius 1 is 1.00 bits per heavy atom. The van der Waals surface area contributed by atoms with E-state index in [0.717, 1.165) is 30.6 Å². The van der Waals surface area contributed by atoms with Gasteiger partial charge in [0.2, 0.25) is 0 Å². The highest BCUT2D eigenvalue weighted by atomic mass is 16.4. The fourth-order valence-electron chi connectivity index (χ4n) is 4.56. The Labute approximate surface area is 220 Å². The first-order valence-electron chi connectivity index (χ1n) is 12.4. The average molecular weight is 506 g/mol. The van der Waals surface area contributed by atoms with Crippen LogP contribution in [0, 0.1) is 12.3 Å². The Balaban J connectivity index is 1.42. The van der Waals surface area contributed by atoms with E-state index in [-0.39, 0.29) is 11.3 Å². The van der Waals surface area contributed by atoms with E-state index in [2.05, 4.69) is 53.5 Å². The van der Waals surface area contributed by atoms with Gasteiger partial charge in [-0.05, 0) is 86.0 Å². The fourth-order valence-corrected chi connectivity index (χ4v) is 4.56. The van der Waals surface area contributed by atoms with Crippen molar-refractivity contribution in [3.05, 3.63) is 107 Å². The lowest BCUT2D eigenvalue weighted by Crippen LogP contribution is -2.25. The summed E-state index contributed by atoms with van der Waals surface area (Å²) in [5.41, 5.74) is 5.04. The second-order valence-corrected chi connectivity index (χ2v) is 9.19. The highest BCUT2D eigenvalue weighted by Crippen LogP contribution is 2.36. The van der Waals surface area contributed by atoms with Crippen LogP contribution in [-0.4, -0.2) is 29.2 Å². The summed E-state index contributed by atoms with van der Waals surface area (Å²) in [6, 6.07) is 26.8. The largest absolute Gasteiger partial charge is 0.477 e. The zero-order valence-corrected chi connectivity index (χ0v) is 20.9. The molecule has 38 heavy (non-hydrogen) atoms. The average Bonchev–Trinajstić information content (AvgIpc) is 3.40. The number of amides is 1. The number of nitrogens with zero attached hydrogens (tertiary/aromatic N) is 1. The highest BCUT2D eigenvalue weighted by molar-refractivity contribution is 6.50. The lowest BCUT2D eigenvalue weighted by atomic mass is 9.97. The molecule has 0 atom stereocenters. The predicted octanol–water partition coefficient (Wildman–Crippen LogP) is 6.47. The van der Waals surface area contributed by atoms with Crippen LogP contribution in [0.1, 0.15) is 23.3 Å². The van der Waals surface area contributed by atoms with Crippen LogP contribution in [0.5, 0.6) is 0 Å². The van der Waals surface area contributed by atoms with Gasteiger partial charge in [-0.25, -0.2) is 4.79 Å². The molecular formula is C31H27N3O4. The number of hydrogen-bond donors (Lipinski definition) is 3. The molecule has 190 valence electrons. The number of nitrogens with one attached hydrogen (secondary N) is 2. The molecule has 0 saturated carbocycles. The molecule has 3 N–H and O–H groups in total. The number of carboxylic acids is 1. The van der Waals surface area contributed by atoms with Crippen molar-refractivity contribution >= 4 is 40.7 Å². The molecule has 0 unspecified atom stereocenters. The maximum Gasteiger partial charge on any atom is 0.354 e. The van der Waals surface area contributed by atoms with Crippen molar-refractivity contribution in [2.24, 2.45) is 0 Å². The lowest BCUT2D eigenvalue weighted by molar-refractivity contribution is -0.129. The summed E-state index contributed by atoms with van der Waals surface area (Å²) in [5.74, 6) is -1.33. The smallest absolute Gasteiger partial charge is 0.354 e. The number of carboxylic acid groups (broad SMARTS) is 1. The Morgan fingerprint density at radius 2 is 1.76 bits per heavy atom. The third-order valence-electron chi connectivity index (χ3n) is 6.50. The third-order valence-corrected chi connectivity index (χ3v) is 6.50. The molecule has 4 aromatic rings. The van der Waals surface area contributed by atoms with Crippen LogP contribution in [0.25, 0.3) is 17.4 Å². The fraction of sp³-hybridized carbons (Fsp3) is 0.129. The second kappa shape index (κ2) is 10.6. The number of para-hydroxylation sites is 1. The van der Waals surface area contributed by atoms with Gasteiger partial charge in [0.25, 0.3) is 5.91 Å². The molecule has 0 spiro atoms. The molecule has 0 fully saturated rings. The highest BCUT2D eigenvalue weighted by Gasteiger charge is 2.22. The summed E-state index contributed by atoms with van der Waals surface area (Å²) in [7, 11) is 0. The monoisotopic (exact) mass is 505 g/mol. The van der Waals surface area contributed by atoms with E-state index in [4.69, 9.17) is 9.83 Å². The molecule has 0 saturated heterocycles. The van der Waals surface area contributed by atoms with Gasteiger partial charge in [0.05, 0.1) is 5.57 Å². The van der Waals surface area contributed by atoms with E-state index >= 15 is 0 Å². The summed E-state index contributed by atoms with van der Waals surface area (Å²) in [6.07, 6.45) is 3.28. The number of fused-ring (bicyclic) bond motifs is 1. The van der Waals surface area contributed by atoms with Crippen LogP contribution in [0.2, 0.25) is 0 Å². The maximum atomic E-state index is 12.8. The number of benzene rings is 3. The minimum absolute atomic E-state index is 0.281. The summed E-state index contributed by atoms with van der Waals surface area (Å²) in [5, 5.41) is 20.0. The molecule has 1 aliphatic rings. The zero-order valence-electron chi connectivity index (χ0n) is 20.9. The van der Waals surface area contributed by atoms with Gasteiger partial charge in [0, 0.05) is 29.2 Å². The Bertz CT molecular complexity index is 1540. The van der Waals surface area contributed by atoms with Crippen molar-refractivity contribution in [3.8, 4) is 11.3 Å². The molecule has 1 aromatic heterocycles. The Hall–Kier alpha value is -4.91. The van der Waals surface area contributed by atoms with Crippen molar-refractivity contribution in [3.63, 3.8) is 0 Å². The quantitative estimate of drug-likeness (QED) is 0.197. The molecular weight excluding hydrogens is 478 g/mol. The molecule has 2 heterocycles. The number of aliphatic carboxylic acids is 1. The van der Waals surface area contributed by atoms with Gasteiger partial charge in [-0.15, -0.1) is 0 Å². The number of carbonyl (C=O) groups excluding carboxylic acids is 1. The lowest BCUT2D eigenvalue weighted by Gasteiger charge is -2.31. The SMILES string of the molecule is Cc1ccc(N2CCCc3cc(-c4ccc(/C=C(/C(=N)C(=O)O)C(=O)Nc5ccccc5)o4)ccc32)cc1. The summed E-state index contributed by atoms with van der Waals surface area (Å²) in [6.45, 7) is 3.03. The van der Waals surface area contributed by atoms with Gasteiger partial charge >= 0.3 is 5.97 Å². The molecule has 0 aliphatic carbocycles. The number of hydrogen-bond acceptors (Lipinski definition) is 5. The van der Waals surface area contributed by atoms with Crippen LogP contribution in [0.3, 0.4) is 0 Å². The van der Waals surface area contributed by atoms with Crippen molar-refractivity contribution in [2.75, 3.05) is 16.8 Å². The van der Waals surface area contributed by atoms with E-state index in [0.29, 0.717) is 11.4 Å². The first kappa shape index (κ1) is 24.8. The summed E-state index contributed by atoms with van der Waals surface area (Å²) >= 11 is 0. The van der Waals surface area contributed by atoms with Crippen molar-refractivity contribution < 1.29 is 19.1 Å². The minimum atomic E-state index is -1.50. The predicted molar refractivity (Wildman–Crippen MR) is 149 cm³/mol. The van der Waals surface area contributed by atoms with Crippen LogP contribution in [0.15, 0.2) is 94.9 Å². The van der Waals surface area contributed by atoms with Crippen LogP contribution >= 0.6 is 0 Å². The molecule has 1 amide bonds. The molecule has 1 aliphatic heterocycles. The molecule has 0 bridgehead atoms. The number of furan rings is 1. The molecule has 0 radical (unpaired) electrons. The van der Waals surface area contributed by atoms with Gasteiger partial charge in [-0.1, -0.05) is 35.9 Å². The molecule has 7 nitrogen and oxygen atoms in total. The topological polar surface area (TPSA) is 107 Å². The van der Waals surface area contributed by atoms with E-state index in [1.54, 1.807) is 42.5 Å². The number of aryl methyl sites for hydroxylation is 2. The van der Waals surface area contributed by atoms with Crippen molar-refractivity contribution in [1.82, 2.24) is 0 Å². The van der Waals surface area contributed by atoms with Gasteiger partial charge in [0.15, 0.2) is 5.71 Å². The van der Waals surface area contributed by atoms with Crippen LogP contribution in [-0.2, 0) is 16.0 Å². The standard InChI is InChI=1S/C31H27N3O4/c1-20-9-12-24(13-10-20)34-17-5-6-21-18-22(11-15-27(21)34)28-16-14-25(38-28)19-26(29(32)31(36)37)30(35)33-23-7-3-2-4-8-23/h2-4,7-16,18-19,32H,5-6,17H2,1H3,(H,33,35)(H,36,37)/b26-19-,32-29?. The zero-order chi connectivity index (χ0) is 26.6. The van der Waals surface area contributed by atoms with Gasteiger partial charge < -0.3 is 19.7 Å². The Kier molecular flexibility index (Phi) is 6.91. The van der Waals surface area contributed by atoms with Crippen LogP contribution < -0.4 is 10.2 Å². The first-order chi connectivity index (χ1) is 18.4. The first-order valence-corrected chi connectivity index (χ1v) is 12.4. The normalized spacial score (nSPS) is 13.1. The number of rotatable bonds is 7. The Morgan fingerprint density at radius 3 is 2.50 bits per heavy atom. The van der Waals surface area contributed by atoms with Gasteiger partial charge in [0.1, 0.15) is 11.5 Å².